The number of imidazole rings is 1. The average Bonchev–Trinajstić information content (AvgIpc) is 2.84. The van der Waals surface area contributed by atoms with E-state index >= 15 is 0 Å². The molecule has 0 aliphatic heterocycles. The number of hydrogen-bond donors (Lipinski definition) is 2. The predicted molar refractivity (Wildman–Crippen MR) is 53.6 cm³/mol. The Hall–Kier alpha value is -2.17. The van der Waals surface area contributed by atoms with Gasteiger partial charge in [0.15, 0.2) is 0 Å². The van der Waals surface area contributed by atoms with Crippen LogP contribution in [0.15, 0.2) is 30.6 Å². The molecule has 2 aromatic heterocycles. The van der Waals surface area contributed by atoms with E-state index in [-0.39, 0.29) is 5.82 Å². The van der Waals surface area contributed by atoms with Gasteiger partial charge in [-0.1, -0.05) is 0 Å². The zero-order valence-electron chi connectivity index (χ0n) is 7.66. The Morgan fingerprint density at radius 3 is 3.00 bits per heavy atom. The molecule has 0 atom stereocenters. The third kappa shape index (κ3) is 1.28. The second-order valence-electron chi connectivity index (χ2n) is 3.23. The first-order valence-corrected chi connectivity index (χ1v) is 4.47. The quantitative estimate of drug-likeness (QED) is 0.634. The molecule has 1 aromatic carbocycles. The van der Waals surface area contributed by atoms with Crippen LogP contribution in [-0.4, -0.2) is 20.2 Å². The monoisotopic (exact) mass is 202 g/mol. The molecule has 4 nitrogen and oxygen atoms in total. The van der Waals surface area contributed by atoms with Gasteiger partial charge in [-0.3, -0.25) is 5.10 Å². The van der Waals surface area contributed by atoms with Gasteiger partial charge in [-0.05, 0) is 18.2 Å². The van der Waals surface area contributed by atoms with E-state index in [2.05, 4.69) is 20.2 Å². The topological polar surface area (TPSA) is 57.4 Å². The van der Waals surface area contributed by atoms with E-state index in [1.165, 1.54) is 12.1 Å². The van der Waals surface area contributed by atoms with Gasteiger partial charge in [0.1, 0.15) is 11.6 Å². The minimum atomic E-state index is -0.273. The molecule has 0 saturated heterocycles. The standard InChI is InChI=1S/C10H7FN4/c11-7-1-2-8-9(3-7)15-10(14-8)6-4-12-13-5-6/h1-5H,(H,12,13)(H,14,15). The highest BCUT2D eigenvalue weighted by Crippen LogP contribution is 2.19. The number of nitrogens with zero attached hydrogens (tertiary/aromatic N) is 2. The number of aromatic amines is 2. The van der Waals surface area contributed by atoms with Gasteiger partial charge in [0, 0.05) is 6.20 Å². The Balaban J connectivity index is 2.22. The van der Waals surface area contributed by atoms with Gasteiger partial charge >= 0.3 is 0 Å². The molecule has 3 rings (SSSR count). The second-order valence-corrected chi connectivity index (χ2v) is 3.23. The van der Waals surface area contributed by atoms with E-state index in [4.69, 9.17) is 0 Å². The lowest BCUT2D eigenvalue weighted by Crippen LogP contribution is -1.74. The van der Waals surface area contributed by atoms with Crippen molar-refractivity contribution in [1.29, 1.82) is 0 Å². The van der Waals surface area contributed by atoms with Crippen LogP contribution >= 0.6 is 0 Å². The summed E-state index contributed by atoms with van der Waals surface area (Å²) in [6, 6.07) is 4.46. The largest absolute Gasteiger partial charge is 0.338 e. The maximum Gasteiger partial charge on any atom is 0.141 e. The Morgan fingerprint density at radius 2 is 2.20 bits per heavy atom. The van der Waals surface area contributed by atoms with E-state index in [0.29, 0.717) is 11.3 Å². The van der Waals surface area contributed by atoms with Crippen LogP contribution in [-0.2, 0) is 0 Å². The fourth-order valence-corrected chi connectivity index (χ4v) is 1.50. The summed E-state index contributed by atoms with van der Waals surface area (Å²) in [6.07, 6.45) is 3.39. The molecular weight excluding hydrogens is 195 g/mol. The van der Waals surface area contributed by atoms with Crippen LogP contribution < -0.4 is 0 Å². The van der Waals surface area contributed by atoms with Crippen LogP contribution in [0.4, 0.5) is 4.39 Å². The first-order chi connectivity index (χ1) is 7.33. The number of fused-ring (bicyclic) bond motifs is 1. The maximum absolute atomic E-state index is 12.9. The molecule has 0 spiro atoms. The van der Waals surface area contributed by atoms with E-state index < -0.39 is 0 Å². The van der Waals surface area contributed by atoms with Gasteiger partial charge in [-0.2, -0.15) is 5.10 Å². The Morgan fingerprint density at radius 1 is 1.27 bits per heavy atom. The van der Waals surface area contributed by atoms with E-state index in [0.717, 1.165) is 11.1 Å². The molecule has 0 fully saturated rings. The van der Waals surface area contributed by atoms with Crippen LogP contribution in [0, 0.1) is 5.82 Å². The van der Waals surface area contributed by atoms with Gasteiger partial charge in [0.05, 0.1) is 22.8 Å². The number of rotatable bonds is 1. The van der Waals surface area contributed by atoms with E-state index in [1.807, 2.05) is 0 Å². The summed E-state index contributed by atoms with van der Waals surface area (Å²) < 4.78 is 12.9. The molecule has 0 saturated carbocycles. The third-order valence-corrected chi connectivity index (χ3v) is 2.22. The zero-order valence-corrected chi connectivity index (χ0v) is 7.66. The molecule has 3 aromatic rings. The molecule has 2 heterocycles. The molecular formula is C10H7FN4. The molecule has 15 heavy (non-hydrogen) atoms. The first-order valence-electron chi connectivity index (χ1n) is 4.47. The van der Waals surface area contributed by atoms with Crippen LogP contribution in [0.1, 0.15) is 0 Å². The van der Waals surface area contributed by atoms with Crippen LogP contribution in [0.25, 0.3) is 22.4 Å². The normalized spacial score (nSPS) is 11.0. The van der Waals surface area contributed by atoms with E-state index in [1.54, 1.807) is 18.5 Å². The number of benzene rings is 1. The summed E-state index contributed by atoms with van der Waals surface area (Å²) >= 11 is 0. The molecule has 0 aliphatic carbocycles. The summed E-state index contributed by atoms with van der Waals surface area (Å²) in [6.45, 7) is 0. The zero-order chi connectivity index (χ0) is 10.3. The van der Waals surface area contributed by atoms with Gasteiger partial charge in [-0.25, -0.2) is 9.37 Å². The predicted octanol–water partition coefficient (Wildman–Crippen LogP) is 2.09. The Labute approximate surface area is 84.2 Å². The minimum Gasteiger partial charge on any atom is -0.338 e. The Kier molecular flexibility index (Phi) is 1.58. The SMILES string of the molecule is Fc1ccc2nc(-c3cn[nH]c3)[nH]c2c1. The second kappa shape index (κ2) is 2.91. The molecule has 0 radical (unpaired) electrons. The molecule has 5 heteroatoms. The van der Waals surface area contributed by atoms with Gasteiger partial charge < -0.3 is 4.98 Å². The molecule has 2 N–H and O–H groups in total. The first kappa shape index (κ1) is 8.16. The van der Waals surface area contributed by atoms with Crippen molar-refractivity contribution in [2.45, 2.75) is 0 Å². The number of H-pyrrole nitrogens is 2. The van der Waals surface area contributed by atoms with Crippen molar-refractivity contribution in [1.82, 2.24) is 20.2 Å². The van der Waals surface area contributed by atoms with Gasteiger partial charge in [0.25, 0.3) is 0 Å². The number of aromatic nitrogens is 4. The number of halogens is 1. The average molecular weight is 202 g/mol. The Bertz CT molecular complexity index is 597. The molecule has 0 bridgehead atoms. The number of hydrogen-bond acceptors (Lipinski definition) is 2. The minimum absolute atomic E-state index is 0.273. The lowest BCUT2D eigenvalue weighted by Gasteiger charge is -1.86. The van der Waals surface area contributed by atoms with Crippen molar-refractivity contribution in [2.75, 3.05) is 0 Å². The number of nitrogens with one attached hydrogen (secondary N) is 2. The van der Waals surface area contributed by atoms with Crippen molar-refractivity contribution in [3.63, 3.8) is 0 Å². The van der Waals surface area contributed by atoms with Gasteiger partial charge in [0.2, 0.25) is 0 Å². The highest BCUT2D eigenvalue weighted by atomic mass is 19.1. The fourth-order valence-electron chi connectivity index (χ4n) is 1.50. The molecule has 74 valence electrons. The van der Waals surface area contributed by atoms with Crippen molar-refractivity contribution >= 4 is 11.0 Å². The van der Waals surface area contributed by atoms with Crippen LogP contribution in [0.5, 0.6) is 0 Å². The summed E-state index contributed by atoms with van der Waals surface area (Å²) in [5.41, 5.74) is 2.28. The lowest BCUT2D eigenvalue weighted by atomic mass is 10.3. The van der Waals surface area contributed by atoms with Gasteiger partial charge in [-0.15, -0.1) is 0 Å². The third-order valence-electron chi connectivity index (χ3n) is 2.22. The van der Waals surface area contributed by atoms with Crippen LogP contribution in [0.3, 0.4) is 0 Å². The highest BCUT2D eigenvalue weighted by Gasteiger charge is 2.06. The van der Waals surface area contributed by atoms with Crippen molar-refractivity contribution in [2.24, 2.45) is 0 Å². The highest BCUT2D eigenvalue weighted by molar-refractivity contribution is 5.79. The summed E-state index contributed by atoms with van der Waals surface area (Å²) in [5, 5.41) is 6.53. The fraction of sp³-hybridized carbons (Fsp3) is 0. The molecule has 0 amide bonds. The smallest absolute Gasteiger partial charge is 0.141 e. The lowest BCUT2D eigenvalue weighted by molar-refractivity contribution is 0.629. The molecule has 0 unspecified atom stereocenters. The maximum atomic E-state index is 12.9. The summed E-state index contributed by atoms with van der Waals surface area (Å²) in [7, 11) is 0. The van der Waals surface area contributed by atoms with Crippen molar-refractivity contribution in [3.05, 3.63) is 36.4 Å². The molecule has 0 aliphatic rings. The van der Waals surface area contributed by atoms with Crippen molar-refractivity contribution < 1.29 is 4.39 Å². The van der Waals surface area contributed by atoms with E-state index in [9.17, 15) is 4.39 Å². The summed E-state index contributed by atoms with van der Waals surface area (Å²) in [4.78, 5) is 7.34. The van der Waals surface area contributed by atoms with Crippen molar-refractivity contribution in [3.8, 4) is 11.4 Å². The van der Waals surface area contributed by atoms with Crippen LogP contribution in [0.2, 0.25) is 0 Å². The summed E-state index contributed by atoms with van der Waals surface area (Å²) in [5.74, 6) is 0.411.